The van der Waals surface area contributed by atoms with E-state index in [2.05, 4.69) is 5.32 Å². The van der Waals surface area contributed by atoms with Crippen molar-refractivity contribution in [2.45, 2.75) is 25.4 Å². The molecule has 0 aromatic heterocycles. The SMILES string of the molecule is CCOC(=O)CCNCC1(OC)CCOC1. The smallest absolute Gasteiger partial charge is 0.307 e. The first-order valence-corrected chi connectivity index (χ1v) is 5.72. The highest BCUT2D eigenvalue weighted by molar-refractivity contribution is 5.69. The topological polar surface area (TPSA) is 56.8 Å². The van der Waals surface area contributed by atoms with E-state index in [9.17, 15) is 4.79 Å². The van der Waals surface area contributed by atoms with Crippen LogP contribution in [0.25, 0.3) is 0 Å². The van der Waals surface area contributed by atoms with E-state index in [-0.39, 0.29) is 11.6 Å². The van der Waals surface area contributed by atoms with Crippen LogP contribution in [0, 0.1) is 0 Å². The first kappa shape index (κ1) is 13.4. The molecular formula is C11H21NO4. The Morgan fingerprint density at radius 2 is 2.38 bits per heavy atom. The van der Waals surface area contributed by atoms with E-state index >= 15 is 0 Å². The number of hydrogen-bond donors (Lipinski definition) is 1. The molecule has 0 aromatic rings. The summed E-state index contributed by atoms with van der Waals surface area (Å²) in [7, 11) is 1.70. The van der Waals surface area contributed by atoms with Crippen LogP contribution >= 0.6 is 0 Å². The van der Waals surface area contributed by atoms with Crippen LogP contribution in [0.3, 0.4) is 0 Å². The van der Waals surface area contributed by atoms with Gasteiger partial charge < -0.3 is 19.5 Å². The van der Waals surface area contributed by atoms with Gasteiger partial charge in [0.25, 0.3) is 0 Å². The molecule has 0 bridgehead atoms. The van der Waals surface area contributed by atoms with Crippen molar-refractivity contribution in [3.63, 3.8) is 0 Å². The minimum absolute atomic E-state index is 0.163. The molecule has 1 rings (SSSR count). The van der Waals surface area contributed by atoms with E-state index in [1.807, 2.05) is 0 Å². The quantitative estimate of drug-likeness (QED) is 0.505. The van der Waals surface area contributed by atoms with Crippen molar-refractivity contribution >= 4 is 5.97 Å². The van der Waals surface area contributed by atoms with Gasteiger partial charge >= 0.3 is 5.97 Å². The summed E-state index contributed by atoms with van der Waals surface area (Å²) < 4.78 is 15.6. The van der Waals surface area contributed by atoms with Crippen LogP contribution in [0.5, 0.6) is 0 Å². The van der Waals surface area contributed by atoms with Gasteiger partial charge in [0.15, 0.2) is 0 Å². The minimum atomic E-state index is -0.214. The predicted octanol–water partition coefficient (Wildman–Crippen LogP) is 0.335. The second-order valence-electron chi connectivity index (χ2n) is 3.92. The van der Waals surface area contributed by atoms with Gasteiger partial charge in [-0.25, -0.2) is 0 Å². The number of carbonyl (C=O) groups excluding carboxylic acids is 1. The third-order valence-corrected chi connectivity index (χ3v) is 2.76. The normalized spacial score (nSPS) is 24.6. The van der Waals surface area contributed by atoms with Gasteiger partial charge in [0.2, 0.25) is 0 Å². The number of methoxy groups -OCH3 is 1. The molecular weight excluding hydrogens is 210 g/mol. The van der Waals surface area contributed by atoms with Crippen molar-refractivity contribution in [1.82, 2.24) is 5.32 Å². The van der Waals surface area contributed by atoms with Gasteiger partial charge in [-0.15, -0.1) is 0 Å². The molecule has 0 saturated carbocycles. The number of hydrogen-bond acceptors (Lipinski definition) is 5. The molecule has 94 valence electrons. The third-order valence-electron chi connectivity index (χ3n) is 2.76. The molecule has 0 aliphatic carbocycles. The van der Waals surface area contributed by atoms with E-state index in [0.717, 1.165) is 13.0 Å². The summed E-state index contributed by atoms with van der Waals surface area (Å²) in [5.41, 5.74) is -0.214. The highest BCUT2D eigenvalue weighted by atomic mass is 16.5. The van der Waals surface area contributed by atoms with E-state index in [1.54, 1.807) is 14.0 Å². The zero-order chi connectivity index (χ0) is 11.9. The van der Waals surface area contributed by atoms with Crippen LogP contribution in [0.2, 0.25) is 0 Å². The molecule has 1 saturated heterocycles. The standard InChI is InChI=1S/C11H21NO4/c1-3-16-10(13)4-6-12-8-11(14-2)5-7-15-9-11/h12H,3-9H2,1-2H3. The lowest BCUT2D eigenvalue weighted by Crippen LogP contribution is -2.43. The Labute approximate surface area is 96.4 Å². The number of carbonyl (C=O) groups is 1. The molecule has 16 heavy (non-hydrogen) atoms. The minimum Gasteiger partial charge on any atom is -0.466 e. The maximum absolute atomic E-state index is 11.1. The van der Waals surface area contributed by atoms with Gasteiger partial charge in [-0.05, 0) is 6.92 Å². The number of ether oxygens (including phenoxy) is 3. The fraction of sp³-hybridized carbons (Fsp3) is 0.909. The summed E-state index contributed by atoms with van der Waals surface area (Å²) in [5, 5.41) is 3.20. The molecule has 0 spiro atoms. The van der Waals surface area contributed by atoms with Crippen molar-refractivity contribution < 1.29 is 19.0 Å². The molecule has 0 aromatic carbocycles. The van der Waals surface area contributed by atoms with Crippen LogP contribution in [0.4, 0.5) is 0 Å². The maximum Gasteiger partial charge on any atom is 0.307 e. The summed E-state index contributed by atoms with van der Waals surface area (Å²) in [6, 6.07) is 0. The predicted molar refractivity (Wildman–Crippen MR) is 59.3 cm³/mol. The van der Waals surface area contributed by atoms with Gasteiger partial charge in [0, 0.05) is 33.2 Å². The Bertz CT molecular complexity index is 214. The fourth-order valence-electron chi connectivity index (χ4n) is 1.70. The molecule has 1 aliphatic heterocycles. The fourth-order valence-corrected chi connectivity index (χ4v) is 1.70. The number of rotatable bonds is 7. The highest BCUT2D eigenvalue weighted by Crippen LogP contribution is 2.21. The Balaban J connectivity index is 2.12. The highest BCUT2D eigenvalue weighted by Gasteiger charge is 2.34. The van der Waals surface area contributed by atoms with Crippen molar-refractivity contribution in [2.75, 3.05) is 40.0 Å². The zero-order valence-electron chi connectivity index (χ0n) is 10.1. The van der Waals surface area contributed by atoms with Crippen LogP contribution in [0.15, 0.2) is 0 Å². The monoisotopic (exact) mass is 231 g/mol. The van der Waals surface area contributed by atoms with E-state index in [0.29, 0.717) is 32.7 Å². The Hall–Kier alpha value is -0.650. The molecule has 0 amide bonds. The summed E-state index contributed by atoms with van der Waals surface area (Å²) in [5.74, 6) is -0.163. The second kappa shape index (κ2) is 6.83. The number of nitrogens with one attached hydrogen (secondary N) is 1. The van der Waals surface area contributed by atoms with E-state index in [1.165, 1.54) is 0 Å². The van der Waals surface area contributed by atoms with E-state index < -0.39 is 0 Å². The molecule has 1 atom stereocenters. The van der Waals surface area contributed by atoms with Crippen LogP contribution in [-0.4, -0.2) is 51.6 Å². The Morgan fingerprint density at radius 3 is 2.94 bits per heavy atom. The lowest BCUT2D eigenvalue weighted by Gasteiger charge is -2.25. The van der Waals surface area contributed by atoms with Crippen molar-refractivity contribution in [2.24, 2.45) is 0 Å². The van der Waals surface area contributed by atoms with Crippen molar-refractivity contribution in [3.05, 3.63) is 0 Å². The van der Waals surface area contributed by atoms with E-state index in [4.69, 9.17) is 14.2 Å². The van der Waals surface area contributed by atoms with Crippen LogP contribution in [0.1, 0.15) is 19.8 Å². The van der Waals surface area contributed by atoms with Gasteiger partial charge in [-0.1, -0.05) is 0 Å². The summed E-state index contributed by atoms with van der Waals surface area (Å²) in [6.07, 6.45) is 1.30. The van der Waals surface area contributed by atoms with Gasteiger partial charge in [0.1, 0.15) is 5.60 Å². The van der Waals surface area contributed by atoms with Crippen molar-refractivity contribution in [3.8, 4) is 0 Å². The molecule has 1 unspecified atom stereocenters. The lowest BCUT2D eigenvalue weighted by atomic mass is 10.0. The first-order chi connectivity index (χ1) is 7.72. The van der Waals surface area contributed by atoms with Gasteiger partial charge in [0.05, 0.1) is 19.6 Å². The molecule has 1 N–H and O–H groups in total. The maximum atomic E-state index is 11.1. The molecule has 5 heteroatoms. The molecule has 1 aliphatic rings. The van der Waals surface area contributed by atoms with Gasteiger partial charge in [-0.2, -0.15) is 0 Å². The third kappa shape index (κ3) is 4.08. The summed E-state index contributed by atoms with van der Waals surface area (Å²) >= 11 is 0. The Kier molecular flexibility index (Phi) is 5.73. The number of esters is 1. The largest absolute Gasteiger partial charge is 0.466 e. The lowest BCUT2D eigenvalue weighted by molar-refractivity contribution is -0.143. The van der Waals surface area contributed by atoms with Crippen LogP contribution in [-0.2, 0) is 19.0 Å². The molecule has 5 nitrogen and oxygen atoms in total. The van der Waals surface area contributed by atoms with Crippen LogP contribution < -0.4 is 5.32 Å². The second-order valence-corrected chi connectivity index (χ2v) is 3.92. The molecule has 1 fully saturated rings. The zero-order valence-corrected chi connectivity index (χ0v) is 10.1. The van der Waals surface area contributed by atoms with Crippen molar-refractivity contribution in [1.29, 1.82) is 0 Å². The van der Waals surface area contributed by atoms with Gasteiger partial charge in [-0.3, -0.25) is 4.79 Å². The Morgan fingerprint density at radius 1 is 1.56 bits per heavy atom. The average molecular weight is 231 g/mol. The first-order valence-electron chi connectivity index (χ1n) is 5.72. The molecule has 0 radical (unpaired) electrons. The molecule has 1 heterocycles. The summed E-state index contributed by atoms with van der Waals surface area (Å²) in [4.78, 5) is 11.1. The summed E-state index contributed by atoms with van der Waals surface area (Å²) in [6.45, 7) is 4.94. The average Bonchev–Trinajstić information content (AvgIpc) is 2.74.